The molecule has 1 rings (SSSR count). The van der Waals surface area contributed by atoms with Crippen LogP contribution in [0.15, 0.2) is 22.7 Å². The van der Waals surface area contributed by atoms with Crippen LogP contribution >= 0.6 is 15.9 Å². The molecule has 0 aromatic heterocycles. The third-order valence-corrected chi connectivity index (χ3v) is 2.72. The van der Waals surface area contributed by atoms with Crippen molar-refractivity contribution in [2.75, 3.05) is 13.6 Å². The van der Waals surface area contributed by atoms with Crippen LogP contribution in [0, 0.1) is 17.1 Å². The number of rotatable bonds is 3. The number of hydrogen-bond donors (Lipinski definition) is 0. The van der Waals surface area contributed by atoms with E-state index < -0.39 is 5.82 Å². The Morgan fingerprint density at radius 3 is 2.88 bits per heavy atom. The summed E-state index contributed by atoms with van der Waals surface area (Å²) >= 11 is 3.13. The molecule has 0 aliphatic rings. The minimum absolute atomic E-state index is 0.234. The lowest BCUT2D eigenvalue weighted by Crippen LogP contribution is -2.27. The minimum Gasteiger partial charge on any atom is -0.341 e. The Balaban J connectivity index is 2.84. The normalized spacial score (nSPS) is 9.62. The van der Waals surface area contributed by atoms with Crippen LogP contribution in [0.25, 0.3) is 0 Å². The van der Waals surface area contributed by atoms with E-state index in [1.807, 2.05) is 6.07 Å². The van der Waals surface area contributed by atoms with E-state index in [2.05, 4.69) is 15.9 Å². The third-order valence-electron chi connectivity index (χ3n) is 2.07. The van der Waals surface area contributed by atoms with Crippen molar-refractivity contribution in [2.45, 2.75) is 6.42 Å². The summed E-state index contributed by atoms with van der Waals surface area (Å²) in [6.07, 6.45) is 0.279. The predicted octanol–water partition coefficient (Wildman–Crippen LogP) is 2.57. The van der Waals surface area contributed by atoms with Crippen LogP contribution in [0.3, 0.4) is 0 Å². The van der Waals surface area contributed by atoms with Gasteiger partial charge in [-0.1, -0.05) is 0 Å². The Morgan fingerprint density at radius 1 is 1.62 bits per heavy atom. The van der Waals surface area contributed by atoms with Crippen LogP contribution in [-0.2, 0) is 0 Å². The predicted molar refractivity (Wildman–Crippen MR) is 61.3 cm³/mol. The van der Waals surface area contributed by atoms with Crippen molar-refractivity contribution in [2.24, 2.45) is 0 Å². The summed E-state index contributed by atoms with van der Waals surface area (Å²) in [5, 5.41) is 8.41. The first kappa shape index (κ1) is 12.7. The van der Waals surface area contributed by atoms with Crippen molar-refractivity contribution in [3.63, 3.8) is 0 Å². The van der Waals surface area contributed by atoms with E-state index in [-0.39, 0.29) is 12.3 Å². The molecule has 16 heavy (non-hydrogen) atoms. The maximum Gasteiger partial charge on any atom is 0.254 e. The van der Waals surface area contributed by atoms with Gasteiger partial charge in [0.1, 0.15) is 5.82 Å². The van der Waals surface area contributed by atoms with Gasteiger partial charge in [0.15, 0.2) is 0 Å². The highest BCUT2D eigenvalue weighted by Crippen LogP contribution is 2.19. The van der Waals surface area contributed by atoms with E-state index in [9.17, 15) is 9.18 Å². The van der Waals surface area contributed by atoms with Crippen molar-refractivity contribution >= 4 is 21.8 Å². The fourth-order valence-electron chi connectivity index (χ4n) is 1.19. The highest BCUT2D eigenvalue weighted by molar-refractivity contribution is 9.10. The highest BCUT2D eigenvalue weighted by atomic mass is 79.9. The number of benzene rings is 1. The number of nitrogens with zero attached hydrogens (tertiary/aromatic N) is 2. The zero-order chi connectivity index (χ0) is 12.1. The van der Waals surface area contributed by atoms with Gasteiger partial charge in [-0.2, -0.15) is 5.26 Å². The number of carbonyl (C=O) groups is 1. The zero-order valence-corrected chi connectivity index (χ0v) is 10.3. The summed E-state index contributed by atoms with van der Waals surface area (Å²) in [5.41, 5.74) is 0.391. The van der Waals surface area contributed by atoms with Gasteiger partial charge in [0, 0.05) is 18.1 Å². The third kappa shape index (κ3) is 3.04. The molecule has 0 aliphatic carbocycles. The Bertz CT molecular complexity index is 442. The van der Waals surface area contributed by atoms with Gasteiger partial charge in [-0.05, 0) is 34.1 Å². The number of carbonyl (C=O) groups excluding carboxylic acids is 1. The molecule has 0 unspecified atom stereocenters. The lowest BCUT2D eigenvalue weighted by atomic mass is 10.2. The van der Waals surface area contributed by atoms with E-state index >= 15 is 0 Å². The van der Waals surface area contributed by atoms with Gasteiger partial charge in [-0.3, -0.25) is 4.79 Å². The van der Waals surface area contributed by atoms with Crippen molar-refractivity contribution in [1.82, 2.24) is 4.90 Å². The summed E-state index contributed by atoms with van der Waals surface area (Å²) in [6.45, 7) is 0.360. The second-order valence-corrected chi connectivity index (χ2v) is 4.11. The van der Waals surface area contributed by atoms with Crippen LogP contribution < -0.4 is 0 Å². The molecule has 0 fully saturated rings. The second kappa shape index (κ2) is 5.61. The van der Waals surface area contributed by atoms with E-state index in [4.69, 9.17) is 5.26 Å². The molecule has 1 aromatic carbocycles. The van der Waals surface area contributed by atoms with E-state index in [0.717, 1.165) is 0 Å². The van der Waals surface area contributed by atoms with Crippen LogP contribution in [-0.4, -0.2) is 24.4 Å². The molecule has 0 atom stereocenters. The average molecular weight is 285 g/mol. The fraction of sp³-hybridized carbons (Fsp3) is 0.273. The van der Waals surface area contributed by atoms with Crippen LogP contribution in [0.2, 0.25) is 0 Å². The van der Waals surface area contributed by atoms with Gasteiger partial charge < -0.3 is 4.90 Å². The van der Waals surface area contributed by atoms with Crippen LogP contribution in [0.1, 0.15) is 16.8 Å². The standard InChI is InChI=1S/C11H10BrFN2O/c1-15(6-2-5-14)11(16)9-4-3-8(13)7-10(9)12/h3-4,7H,2,6H2,1H3. The molecule has 1 amide bonds. The van der Waals surface area contributed by atoms with Crippen molar-refractivity contribution in [3.8, 4) is 6.07 Å². The van der Waals surface area contributed by atoms with Gasteiger partial charge in [0.25, 0.3) is 5.91 Å². The van der Waals surface area contributed by atoms with Crippen molar-refractivity contribution in [3.05, 3.63) is 34.1 Å². The lowest BCUT2D eigenvalue weighted by molar-refractivity contribution is 0.0797. The van der Waals surface area contributed by atoms with E-state index in [1.165, 1.54) is 23.1 Å². The van der Waals surface area contributed by atoms with Crippen LogP contribution in [0.5, 0.6) is 0 Å². The van der Waals surface area contributed by atoms with E-state index in [0.29, 0.717) is 16.6 Å². The summed E-state index contributed by atoms with van der Waals surface area (Å²) in [5.74, 6) is -0.634. The number of amides is 1. The minimum atomic E-state index is -0.400. The molecule has 0 bridgehead atoms. The summed E-state index contributed by atoms with van der Waals surface area (Å²) in [4.78, 5) is 13.3. The first-order chi connectivity index (χ1) is 7.56. The molecule has 0 saturated heterocycles. The second-order valence-electron chi connectivity index (χ2n) is 3.26. The molecular weight excluding hydrogens is 275 g/mol. The number of halogens is 2. The maximum absolute atomic E-state index is 12.8. The van der Waals surface area contributed by atoms with Crippen molar-refractivity contribution < 1.29 is 9.18 Å². The Kier molecular flexibility index (Phi) is 4.44. The van der Waals surface area contributed by atoms with Gasteiger partial charge in [-0.15, -0.1) is 0 Å². The Hall–Kier alpha value is -1.41. The molecule has 0 radical (unpaired) electrons. The molecular formula is C11H10BrFN2O. The Morgan fingerprint density at radius 2 is 2.31 bits per heavy atom. The molecule has 3 nitrogen and oxygen atoms in total. The summed E-state index contributed by atoms with van der Waals surface area (Å²) in [6, 6.07) is 5.86. The molecule has 0 heterocycles. The van der Waals surface area contributed by atoms with Gasteiger partial charge >= 0.3 is 0 Å². The monoisotopic (exact) mass is 284 g/mol. The van der Waals surface area contributed by atoms with Gasteiger partial charge in [0.05, 0.1) is 18.1 Å². The molecule has 0 saturated carbocycles. The Labute approximate surface area is 102 Å². The molecule has 0 spiro atoms. The first-order valence-electron chi connectivity index (χ1n) is 4.63. The SMILES string of the molecule is CN(CCC#N)C(=O)c1ccc(F)cc1Br. The number of nitriles is 1. The van der Waals surface area contributed by atoms with Crippen LogP contribution in [0.4, 0.5) is 4.39 Å². The van der Waals surface area contributed by atoms with Gasteiger partial charge in [-0.25, -0.2) is 4.39 Å². The molecule has 0 N–H and O–H groups in total. The van der Waals surface area contributed by atoms with Gasteiger partial charge in [0.2, 0.25) is 0 Å². The molecule has 84 valence electrons. The average Bonchev–Trinajstić information content (AvgIpc) is 2.25. The lowest BCUT2D eigenvalue weighted by Gasteiger charge is -2.16. The largest absolute Gasteiger partial charge is 0.341 e. The summed E-state index contributed by atoms with van der Waals surface area (Å²) in [7, 11) is 1.61. The quantitative estimate of drug-likeness (QED) is 0.856. The molecule has 5 heteroatoms. The molecule has 0 aliphatic heterocycles. The first-order valence-corrected chi connectivity index (χ1v) is 5.43. The van der Waals surface area contributed by atoms with Crippen molar-refractivity contribution in [1.29, 1.82) is 5.26 Å². The zero-order valence-electron chi connectivity index (χ0n) is 8.70. The summed E-state index contributed by atoms with van der Waals surface area (Å²) < 4.78 is 13.2. The highest BCUT2D eigenvalue weighted by Gasteiger charge is 2.14. The smallest absolute Gasteiger partial charge is 0.254 e. The number of hydrogen-bond acceptors (Lipinski definition) is 2. The topological polar surface area (TPSA) is 44.1 Å². The fourth-order valence-corrected chi connectivity index (χ4v) is 1.71. The van der Waals surface area contributed by atoms with E-state index in [1.54, 1.807) is 7.05 Å². The molecule has 1 aromatic rings. The maximum atomic E-state index is 12.8.